The SMILES string of the molecule is CC(C)(C)c1ccc2c(c1)c1cc(C(C)(C)C)ccc1n2-c1cc(C#N)c2c(c1-n1c3ccc(C(C)(C)C)cc3c3cc(C(C)(C)C)ccc31)c1ccccc1n2-c1ccccc1. The molecule has 0 aliphatic heterocycles. The first-order valence-electron chi connectivity index (χ1n) is 22.5. The molecule has 0 aliphatic carbocycles. The summed E-state index contributed by atoms with van der Waals surface area (Å²) in [5.41, 5.74) is 15.2. The van der Waals surface area contributed by atoms with Crippen LogP contribution in [0.3, 0.4) is 0 Å². The number of fused-ring (bicyclic) bond motifs is 9. The van der Waals surface area contributed by atoms with Gasteiger partial charge in [-0.25, -0.2) is 0 Å². The smallest absolute Gasteiger partial charge is 0.101 e. The highest BCUT2D eigenvalue weighted by atomic mass is 15.1. The molecule has 4 heteroatoms. The molecule has 0 bridgehead atoms. The first kappa shape index (κ1) is 40.5. The van der Waals surface area contributed by atoms with Crippen molar-refractivity contribution in [2.24, 2.45) is 0 Å². The van der Waals surface area contributed by atoms with E-state index in [-0.39, 0.29) is 21.7 Å². The van der Waals surface area contributed by atoms with E-state index in [9.17, 15) is 5.26 Å². The molecule has 10 aromatic rings. The van der Waals surface area contributed by atoms with Crippen molar-refractivity contribution in [3.8, 4) is 23.1 Å². The van der Waals surface area contributed by atoms with Crippen molar-refractivity contribution in [2.45, 2.75) is 105 Å². The Bertz CT molecular complexity index is 3390. The van der Waals surface area contributed by atoms with Crippen LogP contribution in [-0.2, 0) is 21.7 Å². The Morgan fingerprint density at radius 3 is 1.17 bits per heavy atom. The Morgan fingerprint density at radius 1 is 0.381 bits per heavy atom. The number of hydrogen-bond donors (Lipinski definition) is 0. The second kappa shape index (κ2) is 13.7. The normalized spacial score (nSPS) is 13.1. The van der Waals surface area contributed by atoms with Crippen LogP contribution in [0.4, 0.5) is 0 Å². The van der Waals surface area contributed by atoms with Crippen LogP contribution in [0.5, 0.6) is 0 Å². The Labute approximate surface area is 372 Å². The molecule has 0 amide bonds. The second-order valence-corrected chi connectivity index (χ2v) is 21.9. The number of aromatic nitrogens is 3. The van der Waals surface area contributed by atoms with Crippen molar-refractivity contribution in [3.63, 3.8) is 0 Å². The van der Waals surface area contributed by atoms with E-state index >= 15 is 0 Å². The Hall–Kier alpha value is -6.57. The predicted molar refractivity (Wildman–Crippen MR) is 269 cm³/mol. The zero-order valence-corrected chi connectivity index (χ0v) is 39.0. The van der Waals surface area contributed by atoms with Crippen LogP contribution in [0.15, 0.2) is 133 Å². The van der Waals surface area contributed by atoms with Gasteiger partial charge in [0.25, 0.3) is 0 Å². The zero-order valence-electron chi connectivity index (χ0n) is 39.0. The van der Waals surface area contributed by atoms with Gasteiger partial charge in [-0.1, -0.05) is 144 Å². The minimum Gasteiger partial charge on any atom is -0.308 e. The molecule has 63 heavy (non-hydrogen) atoms. The molecule has 7 aromatic carbocycles. The van der Waals surface area contributed by atoms with E-state index in [4.69, 9.17) is 0 Å². The number of hydrogen-bond acceptors (Lipinski definition) is 1. The van der Waals surface area contributed by atoms with Crippen molar-refractivity contribution in [1.82, 2.24) is 13.7 Å². The van der Waals surface area contributed by atoms with Gasteiger partial charge < -0.3 is 13.7 Å². The van der Waals surface area contributed by atoms with Crippen LogP contribution in [0.25, 0.3) is 82.5 Å². The molecule has 0 aliphatic rings. The van der Waals surface area contributed by atoms with Crippen molar-refractivity contribution in [2.75, 3.05) is 0 Å². The molecule has 3 aromatic heterocycles. The molecule has 0 spiro atoms. The topological polar surface area (TPSA) is 38.6 Å². The molecule has 0 unspecified atom stereocenters. The second-order valence-electron chi connectivity index (χ2n) is 21.9. The van der Waals surface area contributed by atoms with Crippen LogP contribution in [0.2, 0.25) is 0 Å². The van der Waals surface area contributed by atoms with E-state index in [2.05, 4.69) is 236 Å². The summed E-state index contributed by atoms with van der Waals surface area (Å²) in [5, 5.41) is 18.5. The molecule has 0 saturated heterocycles. The fourth-order valence-electron chi connectivity index (χ4n) is 9.88. The van der Waals surface area contributed by atoms with Gasteiger partial charge >= 0.3 is 0 Å². The Morgan fingerprint density at radius 2 is 0.762 bits per heavy atom. The molecular weight excluding hydrogens is 765 g/mol. The average molecular weight is 823 g/mol. The average Bonchev–Trinajstić information content (AvgIpc) is 3.87. The maximum Gasteiger partial charge on any atom is 0.101 e. The van der Waals surface area contributed by atoms with Crippen LogP contribution in [0, 0.1) is 11.3 Å². The molecule has 10 rings (SSSR count). The third-order valence-electron chi connectivity index (χ3n) is 13.5. The number of benzene rings is 7. The molecular formula is C59H58N4. The predicted octanol–water partition coefficient (Wildman–Crippen LogP) is 16.0. The fourth-order valence-corrected chi connectivity index (χ4v) is 9.88. The minimum absolute atomic E-state index is 0.0393. The number of rotatable bonds is 3. The van der Waals surface area contributed by atoms with Crippen LogP contribution < -0.4 is 0 Å². The van der Waals surface area contributed by atoms with Gasteiger partial charge in [-0.05, 0) is 117 Å². The van der Waals surface area contributed by atoms with E-state index in [1.54, 1.807) is 0 Å². The fraction of sp³-hybridized carbons (Fsp3) is 0.271. The first-order valence-corrected chi connectivity index (χ1v) is 22.5. The van der Waals surface area contributed by atoms with Gasteiger partial charge in [0.05, 0.1) is 50.0 Å². The number of para-hydroxylation sites is 2. The summed E-state index contributed by atoms with van der Waals surface area (Å²) in [4.78, 5) is 0. The van der Waals surface area contributed by atoms with Gasteiger partial charge in [-0.2, -0.15) is 5.26 Å². The lowest BCUT2D eigenvalue weighted by molar-refractivity contribution is 0.590. The molecule has 4 nitrogen and oxygen atoms in total. The Kier molecular flexibility index (Phi) is 8.82. The highest BCUT2D eigenvalue weighted by molar-refractivity contribution is 6.20. The minimum atomic E-state index is -0.0407. The van der Waals surface area contributed by atoms with Crippen molar-refractivity contribution >= 4 is 65.4 Å². The lowest BCUT2D eigenvalue weighted by Crippen LogP contribution is -2.11. The van der Waals surface area contributed by atoms with Gasteiger partial charge in [-0.15, -0.1) is 0 Å². The molecule has 0 saturated carbocycles. The quantitative estimate of drug-likeness (QED) is 0.175. The number of nitriles is 1. The van der Waals surface area contributed by atoms with E-state index in [0.717, 1.165) is 60.9 Å². The standard InChI is InChI=1S/C59H58N4/c1-56(2,3)37-22-26-48-43(31-37)44-32-38(57(4,5)6)23-27-49(44)62(48)52-30-36(35-60)54-53(42-20-16-17-21-47(42)61(54)41-18-14-13-15-19-41)55(52)63-50-28-24-39(58(7,8)9)33-45(50)46-34-40(59(10,11)12)25-29-51(46)63/h13-34H,1-12H3. The summed E-state index contributed by atoms with van der Waals surface area (Å²) in [7, 11) is 0. The van der Waals surface area contributed by atoms with E-state index in [1.165, 1.54) is 43.8 Å². The van der Waals surface area contributed by atoms with Crippen molar-refractivity contribution < 1.29 is 0 Å². The van der Waals surface area contributed by atoms with E-state index in [1.807, 2.05) is 0 Å². The largest absolute Gasteiger partial charge is 0.308 e. The van der Waals surface area contributed by atoms with Gasteiger partial charge in [0.1, 0.15) is 6.07 Å². The highest BCUT2D eigenvalue weighted by Gasteiger charge is 2.30. The summed E-state index contributed by atoms with van der Waals surface area (Å²) >= 11 is 0. The molecule has 0 N–H and O–H groups in total. The van der Waals surface area contributed by atoms with Crippen LogP contribution in [0.1, 0.15) is 111 Å². The zero-order chi connectivity index (χ0) is 44.5. The molecule has 0 fully saturated rings. The molecule has 3 heterocycles. The third kappa shape index (κ3) is 6.30. The number of nitrogens with zero attached hydrogens (tertiary/aromatic N) is 4. The summed E-state index contributed by atoms with van der Waals surface area (Å²) in [6.07, 6.45) is 0. The summed E-state index contributed by atoms with van der Waals surface area (Å²) < 4.78 is 7.28. The lowest BCUT2D eigenvalue weighted by atomic mass is 9.85. The summed E-state index contributed by atoms with van der Waals surface area (Å²) in [6.45, 7) is 27.5. The lowest BCUT2D eigenvalue weighted by Gasteiger charge is -2.22. The molecule has 0 atom stereocenters. The van der Waals surface area contributed by atoms with E-state index in [0.29, 0.717) is 5.56 Å². The Balaban J connectivity index is 1.48. The monoisotopic (exact) mass is 822 g/mol. The van der Waals surface area contributed by atoms with Crippen LogP contribution >= 0.6 is 0 Å². The van der Waals surface area contributed by atoms with Gasteiger partial charge in [0.15, 0.2) is 0 Å². The third-order valence-corrected chi connectivity index (χ3v) is 13.5. The molecule has 314 valence electrons. The van der Waals surface area contributed by atoms with Crippen molar-refractivity contribution in [1.29, 1.82) is 5.26 Å². The van der Waals surface area contributed by atoms with Crippen LogP contribution in [-0.4, -0.2) is 13.7 Å². The van der Waals surface area contributed by atoms with Gasteiger partial charge in [0.2, 0.25) is 0 Å². The maximum atomic E-state index is 11.4. The first-order chi connectivity index (χ1) is 29.8. The van der Waals surface area contributed by atoms with E-state index < -0.39 is 0 Å². The van der Waals surface area contributed by atoms with Gasteiger partial charge in [0, 0.05) is 38.0 Å². The highest BCUT2D eigenvalue weighted by Crippen LogP contribution is 2.47. The van der Waals surface area contributed by atoms with Gasteiger partial charge in [-0.3, -0.25) is 0 Å². The molecule has 0 radical (unpaired) electrons. The summed E-state index contributed by atoms with van der Waals surface area (Å²) in [5.74, 6) is 0. The van der Waals surface area contributed by atoms with Crippen molar-refractivity contribution in [3.05, 3.63) is 161 Å². The maximum absolute atomic E-state index is 11.4. The summed E-state index contributed by atoms with van der Waals surface area (Å²) in [6, 6.07) is 52.4.